The zero-order chi connectivity index (χ0) is 18.9. The van der Waals surface area contributed by atoms with E-state index < -0.39 is 5.97 Å². The van der Waals surface area contributed by atoms with Crippen molar-refractivity contribution in [2.24, 2.45) is 5.92 Å². The zero-order valence-corrected chi connectivity index (χ0v) is 15.8. The second-order valence-corrected chi connectivity index (χ2v) is 7.40. The van der Waals surface area contributed by atoms with E-state index in [4.69, 9.17) is 14.6 Å². The molecule has 3 aliphatic rings. The van der Waals surface area contributed by atoms with Crippen molar-refractivity contribution in [2.75, 3.05) is 0 Å². The minimum Gasteiger partial charge on any atom is -0.481 e. The van der Waals surface area contributed by atoms with Crippen molar-refractivity contribution in [3.8, 4) is 0 Å². The van der Waals surface area contributed by atoms with Gasteiger partial charge in [0.2, 0.25) is 0 Å². The van der Waals surface area contributed by atoms with E-state index in [1.54, 1.807) is 0 Å². The third-order valence-electron chi connectivity index (χ3n) is 5.30. The lowest BCUT2D eigenvalue weighted by Crippen LogP contribution is -2.55. The van der Waals surface area contributed by atoms with E-state index in [0.29, 0.717) is 18.4 Å². The molecule has 3 saturated heterocycles. The van der Waals surface area contributed by atoms with Crippen LogP contribution in [0, 0.1) is 5.92 Å². The van der Waals surface area contributed by atoms with Gasteiger partial charge in [-0.15, -0.1) is 0 Å². The Bertz CT molecular complexity index is 631. The molecule has 0 radical (unpaired) electrons. The highest BCUT2D eigenvalue weighted by molar-refractivity contribution is 5.66. The molecule has 1 aromatic carbocycles. The largest absolute Gasteiger partial charge is 0.481 e. The smallest absolute Gasteiger partial charge is 0.303 e. The second kappa shape index (κ2) is 10.4. The maximum absolute atomic E-state index is 10.5. The van der Waals surface area contributed by atoms with Crippen molar-refractivity contribution < 1.29 is 19.4 Å². The number of carboxylic acid groups (broad SMARTS) is 1. The van der Waals surface area contributed by atoms with Crippen molar-refractivity contribution in [3.63, 3.8) is 0 Å². The molecule has 3 aliphatic heterocycles. The minimum atomic E-state index is -0.726. The Morgan fingerprint density at radius 1 is 1.07 bits per heavy atom. The van der Waals surface area contributed by atoms with Crippen molar-refractivity contribution in [1.82, 2.24) is 0 Å². The first kappa shape index (κ1) is 19.8. The van der Waals surface area contributed by atoms with Gasteiger partial charge in [-0.1, -0.05) is 54.6 Å². The molecule has 0 aromatic heterocycles. The number of aliphatic carboxylic acids is 1. The normalized spacial score (nSPS) is 27.1. The van der Waals surface area contributed by atoms with Gasteiger partial charge >= 0.3 is 5.97 Å². The number of hydrogen-bond donors (Lipinski definition) is 1. The summed E-state index contributed by atoms with van der Waals surface area (Å²) < 4.78 is 11.8. The van der Waals surface area contributed by atoms with Crippen molar-refractivity contribution >= 4 is 5.97 Å². The summed E-state index contributed by atoms with van der Waals surface area (Å²) in [7, 11) is 0. The fraction of sp³-hybridized carbons (Fsp3) is 0.522. The third kappa shape index (κ3) is 6.33. The summed E-state index contributed by atoms with van der Waals surface area (Å²) in [6, 6.07) is 10.6. The predicted molar refractivity (Wildman–Crippen MR) is 105 cm³/mol. The number of hydrogen-bond acceptors (Lipinski definition) is 3. The summed E-state index contributed by atoms with van der Waals surface area (Å²) in [5.74, 6) is -0.369. The van der Waals surface area contributed by atoms with Gasteiger partial charge in [0.25, 0.3) is 0 Å². The molecule has 0 amide bonds. The monoisotopic (exact) mass is 370 g/mol. The van der Waals surface area contributed by atoms with Crippen LogP contribution in [-0.4, -0.2) is 29.6 Å². The lowest BCUT2D eigenvalue weighted by molar-refractivity contribution is -0.337. The van der Waals surface area contributed by atoms with Crippen molar-refractivity contribution in [1.29, 1.82) is 0 Å². The van der Waals surface area contributed by atoms with Crippen LogP contribution in [0.25, 0.3) is 0 Å². The zero-order valence-electron chi connectivity index (χ0n) is 15.8. The van der Waals surface area contributed by atoms with Crippen LogP contribution in [0.3, 0.4) is 0 Å². The van der Waals surface area contributed by atoms with Crippen LogP contribution in [0.2, 0.25) is 0 Å². The quantitative estimate of drug-likeness (QED) is 0.445. The number of aryl methyl sites for hydroxylation is 1. The molecule has 4 rings (SSSR count). The summed E-state index contributed by atoms with van der Waals surface area (Å²) >= 11 is 0. The van der Waals surface area contributed by atoms with Crippen LogP contribution >= 0.6 is 0 Å². The van der Waals surface area contributed by atoms with Gasteiger partial charge in [0.1, 0.15) is 0 Å². The van der Waals surface area contributed by atoms with Gasteiger partial charge < -0.3 is 14.6 Å². The van der Waals surface area contributed by atoms with Gasteiger partial charge in [0.05, 0.1) is 12.2 Å². The number of unbranched alkanes of at least 4 members (excludes halogenated alkanes) is 2. The number of ether oxygens (including phenoxy) is 2. The van der Waals surface area contributed by atoms with Gasteiger partial charge in [-0.25, -0.2) is 0 Å². The molecular weight excluding hydrogens is 340 g/mol. The number of carboxylic acids is 1. The van der Waals surface area contributed by atoms with E-state index >= 15 is 0 Å². The van der Waals surface area contributed by atoms with Gasteiger partial charge in [-0.2, -0.15) is 0 Å². The first-order chi connectivity index (χ1) is 13.2. The third-order valence-corrected chi connectivity index (χ3v) is 5.30. The van der Waals surface area contributed by atoms with Crippen LogP contribution in [0.5, 0.6) is 0 Å². The lowest BCUT2D eigenvalue weighted by atomic mass is 9.84. The SMILES string of the molecule is O=C(O)CCC/C=C\C[C@H]1[C@@H]2C[C@@H](O2)O[C@@H]1/C=C/CCCc1ccccc1. The van der Waals surface area contributed by atoms with Crippen molar-refractivity contribution in [2.45, 2.75) is 69.9 Å². The van der Waals surface area contributed by atoms with E-state index in [1.165, 1.54) is 5.56 Å². The number of fused-ring (bicyclic) bond motifs is 2. The highest BCUT2D eigenvalue weighted by Gasteiger charge is 2.46. The molecule has 4 heteroatoms. The topological polar surface area (TPSA) is 55.8 Å². The Labute approximate surface area is 161 Å². The maximum atomic E-state index is 10.5. The van der Waals surface area contributed by atoms with Gasteiger partial charge in [-0.05, 0) is 44.1 Å². The van der Waals surface area contributed by atoms with Crippen LogP contribution in [0.15, 0.2) is 54.6 Å². The minimum absolute atomic E-state index is 0.0234. The molecule has 0 unspecified atom stereocenters. The molecule has 3 heterocycles. The first-order valence-corrected chi connectivity index (χ1v) is 10.1. The lowest BCUT2D eigenvalue weighted by Gasteiger charge is -2.49. The predicted octanol–water partition coefficient (Wildman–Crippen LogP) is 4.90. The highest BCUT2D eigenvalue weighted by Crippen LogP contribution is 2.40. The molecule has 4 atom stereocenters. The van der Waals surface area contributed by atoms with Gasteiger partial charge in [0.15, 0.2) is 6.29 Å². The Balaban J connectivity index is 1.39. The van der Waals surface area contributed by atoms with E-state index in [2.05, 4.69) is 54.6 Å². The molecule has 1 N–H and O–H groups in total. The van der Waals surface area contributed by atoms with Crippen LogP contribution < -0.4 is 0 Å². The summed E-state index contributed by atoms with van der Waals surface area (Å²) in [5.41, 5.74) is 1.39. The second-order valence-electron chi connectivity index (χ2n) is 7.40. The fourth-order valence-corrected chi connectivity index (χ4v) is 3.74. The Kier molecular flexibility index (Phi) is 7.66. The van der Waals surface area contributed by atoms with Crippen LogP contribution in [0.1, 0.15) is 50.5 Å². The summed E-state index contributed by atoms with van der Waals surface area (Å²) in [6.45, 7) is 0. The molecular formula is C23H30O4. The van der Waals surface area contributed by atoms with E-state index in [-0.39, 0.29) is 18.8 Å². The first-order valence-electron chi connectivity index (χ1n) is 10.1. The molecule has 2 bridgehead atoms. The summed E-state index contributed by atoms with van der Waals surface area (Å²) in [4.78, 5) is 10.5. The number of rotatable bonds is 11. The number of benzene rings is 1. The molecule has 0 aliphatic carbocycles. The molecule has 0 saturated carbocycles. The van der Waals surface area contributed by atoms with E-state index in [9.17, 15) is 4.79 Å². The van der Waals surface area contributed by atoms with Gasteiger partial charge in [-0.3, -0.25) is 4.79 Å². The van der Waals surface area contributed by atoms with E-state index in [1.807, 2.05) is 0 Å². The van der Waals surface area contributed by atoms with Crippen LogP contribution in [-0.2, 0) is 20.7 Å². The maximum Gasteiger partial charge on any atom is 0.303 e. The summed E-state index contributed by atoms with van der Waals surface area (Å²) in [5, 5.41) is 8.67. The van der Waals surface area contributed by atoms with Crippen LogP contribution in [0.4, 0.5) is 0 Å². The van der Waals surface area contributed by atoms with Crippen molar-refractivity contribution in [3.05, 3.63) is 60.2 Å². The van der Waals surface area contributed by atoms with E-state index in [0.717, 1.165) is 38.5 Å². The number of carbonyl (C=O) groups is 1. The highest BCUT2D eigenvalue weighted by atomic mass is 16.7. The average Bonchev–Trinajstić information content (AvgIpc) is 2.64. The Hall–Kier alpha value is -1.91. The molecule has 146 valence electrons. The molecule has 1 aromatic rings. The van der Waals surface area contributed by atoms with Gasteiger partial charge in [0, 0.05) is 18.8 Å². The fourth-order valence-electron chi connectivity index (χ4n) is 3.74. The standard InChI is InChI=1S/C23H30O4/c24-22(25)16-10-2-1-8-14-19-20(26-23-17-21(19)27-23)15-9-4-7-13-18-11-5-3-6-12-18/h1,3,5-6,8-9,11-12,15,19-21,23H,2,4,7,10,13-14,16-17H2,(H,24,25)/b8-1-,15-9+/t19-,20-,21+,23-/m1/s1. The molecule has 0 spiro atoms. The Morgan fingerprint density at radius 3 is 2.63 bits per heavy atom. The molecule has 27 heavy (non-hydrogen) atoms. The molecule has 4 nitrogen and oxygen atoms in total. The molecule has 3 fully saturated rings. The summed E-state index contributed by atoms with van der Waals surface area (Å²) in [6.07, 6.45) is 16.1. The Morgan fingerprint density at radius 2 is 1.85 bits per heavy atom. The average molecular weight is 370 g/mol. The number of allylic oxidation sites excluding steroid dienone is 3.